The van der Waals surface area contributed by atoms with Gasteiger partial charge in [0.05, 0.1) is 11.3 Å². The number of nitrogens with one attached hydrogen (secondary N) is 1. The van der Waals surface area contributed by atoms with Gasteiger partial charge in [0.2, 0.25) is 0 Å². The fourth-order valence-corrected chi connectivity index (χ4v) is 2.68. The third-order valence-electron chi connectivity index (χ3n) is 4.21. The summed E-state index contributed by atoms with van der Waals surface area (Å²) in [5.74, 6) is -1.19. The van der Waals surface area contributed by atoms with Crippen molar-refractivity contribution in [3.05, 3.63) is 101 Å². The molecule has 0 aliphatic carbocycles. The van der Waals surface area contributed by atoms with Gasteiger partial charge in [-0.15, -0.1) is 0 Å². The first-order chi connectivity index (χ1) is 14.6. The molecule has 0 spiro atoms. The topological polar surface area (TPSA) is 99.4 Å². The van der Waals surface area contributed by atoms with E-state index in [0.29, 0.717) is 17.9 Å². The van der Waals surface area contributed by atoms with Crippen molar-refractivity contribution in [1.82, 2.24) is 0 Å². The normalized spacial score (nSPS) is 10.7. The van der Waals surface area contributed by atoms with Crippen LogP contribution in [0.1, 0.15) is 21.5 Å². The molecule has 0 aliphatic heterocycles. The molecule has 6 nitrogen and oxygen atoms in total. The summed E-state index contributed by atoms with van der Waals surface area (Å²) < 4.78 is 5.72. The van der Waals surface area contributed by atoms with Gasteiger partial charge in [-0.3, -0.25) is 4.79 Å². The van der Waals surface area contributed by atoms with Crippen molar-refractivity contribution in [1.29, 1.82) is 5.26 Å². The minimum Gasteiger partial charge on any atom is -0.489 e. The second-order valence-corrected chi connectivity index (χ2v) is 6.32. The summed E-state index contributed by atoms with van der Waals surface area (Å²) in [4.78, 5) is 23.7. The largest absolute Gasteiger partial charge is 0.489 e. The van der Waals surface area contributed by atoms with Crippen LogP contribution in [0.5, 0.6) is 5.75 Å². The predicted octanol–water partition coefficient (Wildman–Crippen LogP) is 4.51. The molecule has 0 fully saturated rings. The van der Waals surface area contributed by atoms with Crippen LogP contribution in [0.2, 0.25) is 0 Å². The lowest BCUT2D eigenvalue weighted by molar-refractivity contribution is -0.112. The van der Waals surface area contributed by atoms with Crippen molar-refractivity contribution >= 4 is 23.6 Å². The second kappa shape index (κ2) is 9.71. The molecule has 2 N–H and O–H groups in total. The van der Waals surface area contributed by atoms with Crippen LogP contribution in [0.25, 0.3) is 6.08 Å². The maximum absolute atomic E-state index is 12.4. The van der Waals surface area contributed by atoms with Crippen molar-refractivity contribution in [3.8, 4) is 11.8 Å². The number of hydrogen-bond donors (Lipinski definition) is 2. The molecule has 148 valence electrons. The molecule has 6 heteroatoms. The molecule has 0 aromatic heterocycles. The van der Waals surface area contributed by atoms with E-state index in [-0.39, 0.29) is 16.8 Å². The Kier molecular flexibility index (Phi) is 6.59. The highest BCUT2D eigenvalue weighted by Crippen LogP contribution is 2.18. The monoisotopic (exact) mass is 398 g/mol. The van der Waals surface area contributed by atoms with Gasteiger partial charge in [-0.05, 0) is 41.5 Å². The number of anilines is 1. The highest BCUT2D eigenvalue weighted by atomic mass is 16.5. The number of nitrogens with zero attached hydrogens (tertiary/aromatic N) is 1. The van der Waals surface area contributed by atoms with Crippen LogP contribution in [-0.2, 0) is 11.4 Å². The van der Waals surface area contributed by atoms with E-state index in [1.165, 1.54) is 18.2 Å². The molecule has 0 bridgehead atoms. The lowest BCUT2D eigenvalue weighted by Gasteiger charge is -2.08. The summed E-state index contributed by atoms with van der Waals surface area (Å²) in [6, 6.07) is 24.6. The van der Waals surface area contributed by atoms with Gasteiger partial charge in [0.25, 0.3) is 5.91 Å². The number of aromatic carboxylic acids is 1. The molecule has 0 saturated carbocycles. The molecule has 1 amide bonds. The molecule has 0 radical (unpaired) electrons. The molecule has 0 unspecified atom stereocenters. The zero-order valence-corrected chi connectivity index (χ0v) is 15.9. The lowest BCUT2D eigenvalue weighted by atomic mass is 10.1. The summed E-state index contributed by atoms with van der Waals surface area (Å²) in [6.45, 7) is 0.435. The van der Waals surface area contributed by atoms with E-state index in [0.717, 1.165) is 5.56 Å². The van der Waals surface area contributed by atoms with Crippen molar-refractivity contribution < 1.29 is 19.4 Å². The van der Waals surface area contributed by atoms with Gasteiger partial charge in [-0.2, -0.15) is 5.26 Å². The van der Waals surface area contributed by atoms with Gasteiger partial charge in [-0.25, -0.2) is 4.79 Å². The lowest BCUT2D eigenvalue weighted by Crippen LogP contribution is -2.16. The molecular weight excluding hydrogens is 380 g/mol. The van der Waals surface area contributed by atoms with E-state index < -0.39 is 11.9 Å². The highest BCUT2D eigenvalue weighted by molar-refractivity contribution is 6.11. The predicted molar refractivity (Wildman–Crippen MR) is 113 cm³/mol. The molecule has 0 heterocycles. The van der Waals surface area contributed by atoms with Crippen molar-refractivity contribution in [2.24, 2.45) is 0 Å². The van der Waals surface area contributed by atoms with Crippen LogP contribution in [0.3, 0.4) is 0 Å². The van der Waals surface area contributed by atoms with Crippen molar-refractivity contribution in [2.45, 2.75) is 6.61 Å². The average Bonchev–Trinajstić information content (AvgIpc) is 2.77. The molecule has 30 heavy (non-hydrogen) atoms. The van der Waals surface area contributed by atoms with Gasteiger partial charge in [0.15, 0.2) is 0 Å². The fourth-order valence-electron chi connectivity index (χ4n) is 2.68. The Morgan fingerprint density at radius 2 is 1.63 bits per heavy atom. The Bertz CT molecular complexity index is 1110. The number of nitriles is 1. The highest BCUT2D eigenvalue weighted by Gasteiger charge is 2.14. The molecule has 3 aromatic rings. The van der Waals surface area contributed by atoms with E-state index >= 15 is 0 Å². The van der Waals surface area contributed by atoms with Gasteiger partial charge in [0.1, 0.15) is 24.0 Å². The zero-order chi connectivity index (χ0) is 21.3. The van der Waals surface area contributed by atoms with Crippen LogP contribution in [0.4, 0.5) is 5.69 Å². The maximum atomic E-state index is 12.4. The van der Waals surface area contributed by atoms with E-state index in [9.17, 15) is 20.0 Å². The molecular formula is C24H18N2O4. The number of carboxylic acid groups (broad SMARTS) is 1. The number of hydrogen-bond acceptors (Lipinski definition) is 4. The smallest absolute Gasteiger partial charge is 0.337 e. The Hall–Kier alpha value is -4.37. The summed E-state index contributed by atoms with van der Waals surface area (Å²) in [5, 5.41) is 21.0. The standard InChI is InChI=1S/C24H18N2O4/c25-15-19(23(27)26-22-9-5-4-8-21(22)24(28)29)14-17-10-12-20(13-11-17)30-16-18-6-2-1-3-7-18/h1-14H,16H2,(H,26,27)(H,28,29). The number of para-hydroxylation sites is 1. The van der Waals surface area contributed by atoms with Crippen LogP contribution in [0.15, 0.2) is 84.4 Å². The minimum absolute atomic E-state index is 0.0527. The molecule has 0 atom stereocenters. The van der Waals surface area contributed by atoms with Crippen molar-refractivity contribution in [3.63, 3.8) is 0 Å². The Labute approximate surface area is 173 Å². The van der Waals surface area contributed by atoms with Gasteiger partial charge in [-0.1, -0.05) is 54.6 Å². The Morgan fingerprint density at radius 3 is 2.30 bits per heavy atom. The van der Waals surface area contributed by atoms with Gasteiger partial charge in [0, 0.05) is 0 Å². The first-order valence-electron chi connectivity index (χ1n) is 9.09. The fraction of sp³-hybridized carbons (Fsp3) is 0.0417. The Morgan fingerprint density at radius 1 is 0.967 bits per heavy atom. The number of ether oxygens (including phenoxy) is 1. The van der Waals surface area contributed by atoms with Crippen molar-refractivity contribution in [2.75, 3.05) is 5.32 Å². The van der Waals surface area contributed by atoms with Crippen LogP contribution < -0.4 is 10.1 Å². The summed E-state index contributed by atoms with van der Waals surface area (Å²) in [7, 11) is 0. The van der Waals surface area contributed by atoms with E-state index in [4.69, 9.17) is 4.74 Å². The third kappa shape index (κ3) is 5.33. The first-order valence-corrected chi connectivity index (χ1v) is 9.09. The van der Waals surface area contributed by atoms with Crippen LogP contribution in [-0.4, -0.2) is 17.0 Å². The number of amides is 1. The van der Waals surface area contributed by atoms with Crippen LogP contribution in [0, 0.1) is 11.3 Å². The van der Waals surface area contributed by atoms with E-state index in [2.05, 4.69) is 5.32 Å². The maximum Gasteiger partial charge on any atom is 0.337 e. The number of benzene rings is 3. The van der Waals surface area contributed by atoms with E-state index in [1.54, 1.807) is 36.4 Å². The Balaban J connectivity index is 1.69. The number of carbonyl (C=O) groups excluding carboxylic acids is 1. The van der Waals surface area contributed by atoms with Gasteiger partial charge < -0.3 is 15.2 Å². The minimum atomic E-state index is -1.17. The quantitative estimate of drug-likeness (QED) is 0.451. The number of carbonyl (C=O) groups is 2. The molecule has 3 rings (SSSR count). The molecule has 0 aliphatic rings. The van der Waals surface area contributed by atoms with E-state index in [1.807, 2.05) is 36.4 Å². The summed E-state index contributed by atoms with van der Waals surface area (Å²) >= 11 is 0. The van der Waals surface area contributed by atoms with Crippen LogP contribution >= 0.6 is 0 Å². The zero-order valence-electron chi connectivity index (χ0n) is 15.9. The first kappa shape index (κ1) is 20.4. The SMILES string of the molecule is N#CC(=Cc1ccc(OCc2ccccc2)cc1)C(=O)Nc1ccccc1C(=O)O. The summed E-state index contributed by atoms with van der Waals surface area (Å²) in [6.07, 6.45) is 1.43. The summed E-state index contributed by atoms with van der Waals surface area (Å²) in [5.41, 5.74) is 1.61. The molecule has 3 aromatic carbocycles. The second-order valence-electron chi connectivity index (χ2n) is 6.32. The van der Waals surface area contributed by atoms with Gasteiger partial charge >= 0.3 is 5.97 Å². The average molecular weight is 398 g/mol. The third-order valence-corrected chi connectivity index (χ3v) is 4.21. The number of rotatable bonds is 7. The molecule has 0 saturated heterocycles. The number of carboxylic acids is 1.